The van der Waals surface area contributed by atoms with E-state index in [1.54, 1.807) is 12.1 Å². The van der Waals surface area contributed by atoms with Crippen LogP contribution in [-0.2, 0) is 6.42 Å². The van der Waals surface area contributed by atoms with Gasteiger partial charge in [-0.25, -0.2) is 4.39 Å². The summed E-state index contributed by atoms with van der Waals surface area (Å²) in [5, 5.41) is 1.85. The van der Waals surface area contributed by atoms with Crippen molar-refractivity contribution in [1.29, 1.82) is 0 Å². The van der Waals surface area contributed by atoms with E-state index in [0.717, 1.165) is 8.95 Å². The van der Waals surface area contributed by atoms with Crippen LogP contribution in [0, 0.1) is 5.82 Å². The number of hydrogen-bond donors (Lipinski definition) is 0. The number of benzene rings is 1. The molecule has 1 aromatic heterocycles. The molecule has 0 aliphatic heterocycles. The lowest BCUT2D eigenvalue weighted by Gasteiger charge is -2.00. The van der Waals surface area contributed by atoms with Crippen molar-refractivity contribution in [1.82, 2.24) is 0 Å². The van der Waals surface area contributed by atoms with Gasteiger partial charge in [0.15, 0.2) is 5.78 Å². The monoisotopic (exact) mass is 376 g/mol. The predicted molar refractivity (Wildman–Crippen MR) is 74.2 cm³/mol. The summed E-state index contributed by atoms with van der Waals surface area (Å²) in [6.45, 7) is 0. The third-order valence-electron chi connectivity index (χ3n) is 2.20. The van der Waals surface area contributed by atoms with Gasteiger partial charge in [0, 0.05) is 16.3 Å². The quantitative estimate of drug-likeness (QED) is 0.699. The molecule has 0 amide bonds. The van der Waals surface area contributed by atoms with E-state index < -0.39 is 0 Å². The van der Waals surface area contributed by atoms with Crippen LogP contribution in [0.25, 0.3) is 0 Å². The van der Waals surface area contributed by atoms with Gasteiger partial charge in [0.2, 0.25) is 0 Å². The Morgan fingerprint density at radius 1 is 1.35 bits per heavy atom. The van der Waals surface area contributed by atoms with Gasteiger partial charge >= 0.3 is 0 Å². The van der Waals surface area contributed by atoms with Crippen molar-refractivity contribution in [2.24, 2.45) is 0 Å². The van der Waals surface area contributed by atoms with E-state index in [0.29, 0.717) is 10.4 Å². The van der Waals surface area contributed by atoms with Gasteiger partial charge in [-0.15, -0.1) is 11.3 Å². The molecule has 2 aromatic rings. The molecule has 1 nitrogen and oxygen atoms in total. The zero-order chi connectivity index (χ0) is 12.4. The van der Waals surface area contributed by atoms with E-state index in [-0.39, 0.29) is 18.0 Å². The van der Waals surface area contributed by atoms with Crippen molar-refractivity contribution in [2.45, 2.75) is 6.42 Å². The van der Waals surface area contributed by atoms with E-state index in [1.165, 1.54) is 23.5 Å². The Morgan fingerprint density at radius 3 is 2.71 bits per heavy atom. The molecule has 0 radical (unpaired) electrons. The largest absolute Gasteiger partial charge is 0.293 e. The van der Waals surface area contributed by atoms with Crippen LogP contribution in [0.1, 0.15) is 15.2 Å². The molecule has 0 N–H and O–H groups in total. The first-order chi connectivity index (χ1) is 8.08. The molecular formula is C12H7Br2FOS. The maximum atomic E-state index is 13.0. The minimum Gasteiger partial charge on any atom is -0.293 e. The van der Waals surface area contributed by atoms with E-state index in [2.05, 4.69) is 31.9 Å². The smallest absolute Gasteiger partial charge is 0.178 e. The van der Waals surface area contributed by atoms with Crippen molar-refractivity contribution in [3.8, 4) is 0 Å². The predicted octanol–water partition coefficient (Wildman–Crippen LogP) is 4.84. The van der Waals surface area contributed by atoms with Crippen molar-refractivity contribution < 1.29 is 9.18 Å². The highest BCUT2D eigenvalue weighted by atomic mass is 79.9. The molecule has 0 unspecified atom stereocenters. The molecule has 0 bridgehead atoms. The Kier molecular flexibility index (Phi) is 4.12. The standard InChI is InChI=1S/C12H7Br2FOS/c13-9-6-17-12(11(9)14)10(16)5-7-2-1-3-8(15)4-7/h1-4,6H,5H2. The van der Waals surface area contributed by atoms with Crippen molar-refractivity contribution in [3.63, 3.8) is 0 Å². The molecule has 88 valence electrons. The second kappa shape index (κ2) is 5.42. The summed E-state index contributed by atoms with van der Waals surface area (Å²) in [5.74, 6) is -0.333. The lowest BCUT2D eigenvalue weighted by molar-refractivity contribution is 0.0996. The van der Waals surface area contributed by atoms with Crippen molar-refractivity contribution in [3.05, 3.63) is 54.8 Å². The number of rotatable bonds is 3. The molecule has 0 fully saturated rings. The van der Waals surface area contributed by atoms with Crippen LogP contribution in [0.15, 0.2) is 38.6 Å². The summed E-state index contributed by atoms with van der Waals surface area (Å²) in [6.07, 6.45) is 0.212. The number of carbonyl (C=O) groups excluding carboxylic acids is 1. The van der Waals surface area contributed by atoms with Gasteiger partial charge in [0.1, 0.15) is 5.82 Å². The molecule has 0 aliphatic carbocycles. The van der Waals surface area contributed by atoms with Gasteiger partial charge in [-0.2, -0.15) is 0 Å². The fourth-order valence-electron chi connectivity index (χ4n) is 1.42. The molecule has 1 aromatic carbocycles. The zero-order valence-electron chi connectivity index (χ0n) is 8.54. The van der Waals surface area contributed by atoms with E-state index in [1.807, 2.05) is 5.38 Å². The second-order valence-corrected chi connectivity index (χ2v) is 5.98. The molecule has 0 atom stereocenters. The first kappa shape index (κ1) is 12.9. The third-order valence-corrected chi connectivity index (χ3v) is 5.76. The normalized spacial score (nSPS) is 10.5. The number of halogens is 3. The SMILES string of the molecule is O=C(Cc1cccc(F)c1)c1scc(Br)c1Br. The van der Waals surface area contributed by atoms with Gasteiger partial charge in [-0.05, 0) is 49.6 Å². The minimum absolute atomic E-state index is 0.0156. The van der Waals surface area contributed by atoms with Gasteiger partial charge in [0.25, 0.3) is 0 Å². The summed E-state index contributed by atoms with van der Waals surface area (Å²) in [4.78, 5) is 12.7. The summed E-state index contributed by atoms with van der Waals surface area (Å²) in [6, 6.07) is 6.11. The maximum absolute atomic E-state index is 13.0. The highest BCUT2D eigenvalue weighted by molar-refractivity contribution is 9.13. The summed E-state index contributed by atoms with van der Waals surface area (Å²) in [7, 11) is 0. The van der Waals surface area contributed by atoms with Crippen LogP contribution in [0.4, 0.5) is 4.39 Å². The van der Waals surface area contributed by atoms with E-state index in [4.69, 9.17) is 0 Å². The molecule has 1 heterocycles. The van der Waals surface area contributed by atoms with E-state index >= 15 is 0 Å². The molecule has 2 rings (SSSR count). The van der Waals surface area contributed by atoms with Crippen LogP contribution in [0.5, 0.6) is 0 Å². The van der Waals surface area contributed by atoms with Gasteiger partial charge in [-0.3, -0.25) is 4.79 Å². The molecule has 0 saturated carbocycles. The highest BCUT2D eigenvalue weighted by Crippen LogP contribution is 2.33. The first-order valence-electron chi connectivity index (χ1n) is 4.78. The average Bonchev–Trinajstić information content (AvgIpc) is 2.60. The Labute approximate surface area is 119 Å². The fourth-order valence-corrected chi connectivity index (χ4v) is 3.56. The highest BCUT2D eigenvalue weighted by Gasteiger charge is 2.15. The number of Topliss-reactive ketones (excluding diaryl/α,β-unsaturated/α-hetero) is 1. The lowest BCUT2D eigenvalue weighted by atomic mass is 10.1. The third kappa shape index (κ3) is 3.03. The molecule has 0 saturated heterocycles. The second-order valence-electron chi connectivity index (χ2n) is 3.46. The fraction of sp³-hybridized carbons (Fsp3) is 0.0833. The number of ketones is 1. The molecule has 5 heteroatoms. The summed E-state index contributed by atoms with van der Waals surface area (Å²) in [5.41, 5.74) is 0.687. The van der Waals surface area contributed by atoms with Gasteiger partial charge in [0.05, 0.1) is 9.35 Å². The maximum Gasteiger partial charge on any atom is 0.178 e. The molecule has 0 spiro atoms. The Morgan fingerprint density at radius 2 is 2.12 bits per heavy atom. The van der Waals surface area contributed by atoms with Crippen molar-refractivity contribution in [2.75, 3.05) is 0 Å². The van der Waals surface area contributed by atoms with Gasteiger partial charge < -0.3 is 0 Å². The van der Waals surface area contributed by atoms with Gasteiger partial charge in [-0.1, -0.05) is 12.1 Å². The first-order valence-corrected chi connectivity index (χ1v) is 7.24. The molecule has 0 aliphatic rings. The zero-order valence-corrected chi connectivity index (χ0v) is 12.5. The topological polar surface area (TPSA) is 17.1 Å². The number of thiophene rings is 1. The van der Waals surface area contributed by atoms with Crippen LogP contribution in [0.3, 0.4) is 0 Å². The Bertz CT molecular complexity index is 565. The van der Waals surface area contributed by atoms with Crippen LogP contribution in [-0.4, -0.2) is 5.78 Å². The number of hydrogen-bond acceptors (Lipinski definition) is 2. The molecule has 17 heavy (non-hydrogen) atoms. The molecular weight excluding hydrogens is 371 g/mol. The lowest BCUT2D eigenvalue weighted by Crippen LogP contribution is -2.02. The van der Waals surface area contributed by atoms with Crippen LogP contribution in [0.2, 0.25) is 0 Å². The summed E-state index contributed by atoms with van der Waals surface area (Å²) >= 11 is 8.05. The van der Waals surface area contributed by atoms with Crippen LogP contribution >= 0.6 is 43.2 Å². The van der Waals surface area contributed by atoms with Crippen molar-refractivity contribution >= 4 is 49.0 Å². The number of carbonyl (C=O) groups is 1. The summed E-state index contributed by atoms with van der Waals surface area (Å²) < 4.78 is 14.6. The Balaban J connectivity index is 2.20. The van der Waals surface area contributed by atoms with E-state index in [9.17, 15) is 9.18 Å². The average molecular weight is 378 g/mol. The van der Waals surface area contributed by atoms with Crippen LogP contribution < -0.4 is 0 Å². The minimum atomic E-state index is -0.318. The Hall–Kier alpha value is -0.520.